The molecule has 5 heteroatoms. The number of carbonyl (C=O) groups is 1. The first-order valence-electron chi connectivity index (χ1n) is 8.47. The van der Waals surface area contributed by atoms with E-state index in [0.29, 0.717) is 24.6 Å². The van der Waals surface area contributed by atoms with Crippen molar-refractivity contribution in [3.05, 3.63) is 0 Å². The molecule has 0 aromatic carbocycles. The number of nitrogens with one attached hydrogen (secondary N) is 2. The summed E-state index contributed by atoms with van der Waals surface area (Å²) in [5.41, 5.74) is -0.455. The van der Waals surface area contributed by atoms with E-state index in [4.69, 9.17) is 9.47 Å². The van der Waals surface area contributed by atoms with E-state index in [2.05, 4.69) is 24.5 Å². The Kier molecular flexibility index (Phi) is 7.63. The van der Waals surface area contributed by atoms with Crippen molar-refractivity contribution in [1.82, 2.24) is 10.6 Å². The monoisotopic (exact) mass is 314 g/mol. The Morgan fingerprint density at radius 3 is 2.23 bits per heavy atom. The highest BCUT2D eigenvalue weighted by molar-refractivity contribution is 5.67. The summed E-state index contributed by atoms with van der Waals surface area (Å²) >= 11 is 0. The standard InChI is InChI=1S/C17H34N2O3/c1-12(2)15(11-18-16(20)22-17(3,4)5)19-13-7-9-14(21-6)10-8-13/h12-15,19H,7-11H2,1-6H3,(H,18,20). The fourth-order valence-electron chi connectivity index (χ4n) is 2.76. The third-order valence-corrected chi connectivity index (χ3v) is 4.13. The minimum atomic E-state index is -0.455. The molecule has 0 saturated heterocycles. The molecular weight excluding hydrogens is 280 g/mol. The maximum atomic E-state index is 11.8. The lowest BCUT2D eigenvalue weighted by Gasteiger charge is -2.33. The molecule has 5 nitrogen and oxygen atoms in total. The number of amides is 1. The second-order valence-electron chi connectivity index (χ2n) is 7.61. The van der Waals surface area contributed by atoms with E-state index in [-0.39, 0.29) is 12.1 Å². The summed E-state index contributed by atoms with van der Waals surface area (Å²) in [6.07, 6.45) is 4.55. The van der Waals surface area contributed by atoms with Gasteiger partial charge in [-0.2, -0.15) is 0 Å². The summed E-state index contributed by atoms with van der Waals surface area (Å²) in [5, 5.41) is 6.57. The summed E-state index contributed by atoms with van der Waals surface area (Å²) in [4.78, 5) is 11.8. The van der Waals surface area contributed by atoms with Gasteiger partial charge in [-0.3, -0.25) is 0 Å². The normalized spacial score (nSPS) is 24.1. The van der Waals surface area contributed by atoms with Crippen molar-refractivity contribution in [2.24, 2.45) is 5.92 Å². The number of methoxy groups -OCH3 is 1. The Morgan fingerprint density at radius 1 is 1.18 bits per heavy atom. The first kappa shape index (κ1) is 19.2. The van der Waals surface area contributed by atoms with E-state index in [1.165, 1.54) is 0 Å². The average molecular weight is 314 g/mol. The molecule has 1 fully saturated rings. The Hall–Kier alpha value is -0.810. The summed E-state index contributed by atoms with van der Waals surface area (Å²) in [5.74, 6) is 0.454. The number of carbonyl (C=O) groups excluding carboxylic acids is 1. The second kappa shape index (κ2) is 8.73. The molecule has 130 valence electrons. The van der Waals surface area contributed by atoms with Crippen molar-refractivity contribution in [2.75, 3.05) is 13.7 Å². The number of hydrogen-bond acceptors (Lipinski definition) is 4. The molecule has 1 saturated carbocycles. The van der Waals surface area contributed by atoms with E-state index in [0.717, 1.165) is 25.7 Å². The van der Waals surface area contributed by atoms with Gasteiger partial charge in [0.1, 0.15) is 5.60 Å². The second-order valence-corrected chi connectivity index (χ2v) is 7.61. The van der Waals surface area contributed by atoms with Crippen molar-refractivity contribution in [3.63, 3.8) is 0 Å². The van der Waals surface area contributed by atoms with E-state index >= 15 is 0 Å². The van der Waals surface area contributed by atoms with E-state index in [1.807, 2.05) is 20.8 Å². The average Bonchev–Trinajstić information content (AvgIpc) is 2.41. The van der Waals surface area contributed by atoms with E-state index < -0.39 is 5.60 Å². The predicted octanol–water partition coefficient (Wildman–Crippen LogP) is 3.08. The van der Waals surface area contributed by atoms with Crippen LogP contribution in [0.3, 0.4) is 0 Å². The van der Waals surface area contributed by atoms with Crippen LogP contribution in [0.1, 0.15) is 60.3 Å². The van der Waals surface area contributed by atoms with Gasteiger partial charge in [-0.1, -0.05) is 13.8 Å². The zero-order valence-corrected chi connectivity index (χ0v) is 15.1. The Morgan fingerprint density at radius 2 is 1.77 bits per heavy atom. The third kappa shape index (κ3) is 7.45. The molecule has 0 heterocycles. The predicted molar refractivity (Wildman–Crippen MR) is 89.1 cm³/mol. The van der Waals surface area contributed by atoms with Gasteiger partial charge in [-0.25, -0.2) is 4.79 Å². The lowest BCUT2D eigenvalue weighted by molar-refractivity contribution is 0.0507. The first-order valence-corrected chi connectivity index (χ1v) is 8.47. The van der Waals surface area contributed by atoms with Crippen molar-refractivity contribution in [3.8, 4) is 0 Å². The van der Waals surface area contributed by atoms with Gasteiger partial charge in [-0.05, 0) is 52.4 Å². The molecule has 0 spiro atoms. The summed E-state index contributed by atoms with van der Waals surface area (Å²) in [7, 11) is 1.79. The van der Waals surface area contributed by atoms with Crippen molar-refractivity contribution < 1.29 is 14.3 Å². The van der Waals surface area contributed by atoms with E-state index in [9.17, 15) is 4.79 Å². The molecular formula is C17H34N2O3. The van der Waals surface area contributed by atoms with Crippen molar-refractivity contribution in [2.45, 2.75) is 84.1 Å². The van der Waals surface area contributed by atoms with Gasteiger partial charge in [0.25, 0.3) is 0 Å². The molecule has 1 rings (SSSR count). The fourth-order valence-corrected chi connectivity index (χ4v) is 2.76. The van der Waals surface area contributed by atoms with Crippen molar-refractivity contribution in [1.29, 1.82) is 0 Å². The van der Waals surface area contributed by atoms with Gasteiger partial charge in [-0.15, -0.1) is 0 Å². The molecule has 1 aliphatic carbocycles. The van der Waals surface area contributed by atoms with Crippen LogP contribution in [0.4, 0.5) is 4.79 Å². The largest absolute Gasteiger partial charge is 0.444 e. The molecule has 1 unspecified atom stereocenters. The highest BCUT2D eigenvalue weighted by Crippen LogP contribution is 2.21. The first-order chi connectivity index (χ1) is 10.2. The Balaban J connectivity index is 2.38. The molecule has 0 radical (unpaired) electrons. The highest BCUT2D eigenvalue weighted by atomic mass is 16.6. The maximum absolute atomic E-state index is 11.8. The molecule has 0 bridgehead atoms. The van der Waals surface area contributed by atoms with Crippen LogP contribution in [0.2, 0.25) is 0 Å². The smallest absolute Gasteiger partial charge is 0.407 e. The maximum Gasteiger partial charge on any atom is 0.407 e. The summed E-state index contributed by atoms with van der Waals surface area (Å²) in [6, 6.07) is 0.774. The molecule has 0 aromatic rings. The lowest BCUT2D eigenvalue weighted by atomic mass is 9.91. The Bertz CT molecular complexity index is 331. The summed E-state index contributed by atoms with van der Waals surface area (Å²) < 4.78 is 10.7. The number of rotatable bonds is 6. The van der Waals surface area contributed by atoms with Crippen LogP contribution in [0.15, 0.2) is 0 Å². The molecule has 1 aliphatic rings. The molecule has 2 N–H and O–H groups in total. The van der Waals surface area contributed by atoms with Crippen LogP contribution in [0.25, 0.3) is 0 Å². The molecule has 1 atom stereocenters. The minimum absolute atomic E-state index is 0.261. The van der Waals surface area contributed by atoms with Gasteiger partial charge in [0.15, 0.2) is 0 Å². The van der Waals surface area contributed by atoms with Gasteiger partial charge >= 0.3 is 6.09 Å². The lowest BCUT2D eigenvalue weighted by Crippen LogP contribution is -2.50. The van der Waals surface area contributed by atoms with Crippen molar-refractivity contribution >= 4 is 6.09 Å². The zero-order chi connectivity index (χ0) is 16.8. The van der Waals surface area contributed by atoms with Gasteiger partial charge < -0.3 is 20.1 Å². The fraction of sp³-hybridized carbons (Fsp3) is 0.941. The summed E-state index contributed by atoms with van der Waals surface area (Å²) in [6.45, 7) is 10.6. The quantitative estimate of drug-likeness (QED) is 0.791. The van der Waals surface area contributed by atoms with Gasteiger partial charge in [0.05, 0.1) is 6.10 Å². The third-order valence-electron chi connectivity index (χ3n) is 4.13. The van der Waals surface area contributed by atoms with Crippen LogP contribution in [0.5, 0.6) is 0 Å². The highest BCUT2D eigenvalue weighted by Gasteiger charge is 2.25. The van der Waals surface area contributed by atoms with Crippen LogP contribution in [-0.2, 0) is 9.47 Å². The van der Waals surface area contributed by atoms with Crippen LogP contribution in [-0.4, -0.2) is 43.5 Å². The van der Waals surface area contributed by atoms with Crippen LogP contribution >= 0.6 is 0 Å². The van der Waals surface area contributed by atoms with Crippen LogP contribution < -0.4 is 10.6 Å². The number of alkyl carbamates (subject to hydrolysis) is 1. The van der Waals surface area contributed by atoms with Crippen LogP contribution in [0, 0.1) is 5.92 Å². The topological polar surface area (TPSA) is 59.6 Å². The van der Waals surface area contributed by atoms with Gasteiger partial charge in [0, 0.05) is 25.7 Å². The number of ether oxygens (including phenoxy) is 2. The molecule has 1 amide bonds. The zero-order valence-electron chi connectivity index (χ0n) is 15.1. The molecule has 0 aliphatic heterocycles. The minimum Gasteiger partial charge on any atom is -0.444 e. The molecule has 22 heavy (non-hydrogen) atoms. The molecule has 0 aromatic heterocycles. The Labute approximate surface area is 135 Å². The number of hydrogen-bond donors (Lipinski definition) is 2. The SMILES string of the molecule is COC1CCC(NC(CNC(=O)OC(C)(C)C)C(C)C)CC1. The van der Waals surface area contributed by atoms with E-state index in [1.54, 1.807) is 7.11 Å². The van der Waals surface area contributed by atoms with Gasteiger partial charge in [0.2, 0.25) is 0 Å².